The molecule has 8 nitrogen and oxygen atoms in total. The van der Waals surface area contributed by atoms with Crippen molar-refractivity contribution in [3.8, 4) is 45.3 Å². The zero-order valence-corrected chi connectivity index (χ0v) is 19.2. The molecule has 10 heteroatoms. The Bertz CT molecular complexity index is 1850. The lowest BCUT2D eigenvalue weighted by atomic mass is 9.92. The number of aryl methyl sites for hydroxylation is 1. The Kier molecular flexibility index (Phi) is 4.47. The molecule has 0 fully saturated rings. The maximum Gasteiger partial charge on any atom is 0.586 e. The molecular formula is C27H16F2N6O2. The number of hydrogen-bond acceptors (Lipinski definition) is 7. The SMILES string of the molecule is Cc1ccc2c(-c3ccc4c(c3)OC(F)(F)O4)nccc2c1-c1ncccc1-c1ncnc2nc[nH]c12. The number of benzene rings is 2. The summed E-state index contributed by atoms with van der Waals surface area (Å²) in [4.78, 5) is 25.5. The Morgan fingerprint density at radius 1 is 0.784 bits per heavy atom. The van der Waals surface area contributed by atoms with E-state index in [1.165, 1.54) is 18.5 Å². The molecule has 5 heterocycles. The zero-order chi connectivity index (χ0) is 25.1. The van der Waals surface area contributed by atoms with Crippen LogP contribution in [0, 0.1) is 6.92 Å². The number of alkyl halides is 2. The van der Waals surface area contributed by atoms with Crippen molar-refractivity contribution < 1.29 is 18.3 Å². The van der Waals surface area contributed by atoms with Crippen LogP contribution in [-0.4, -0.2) is 36.2 Å². The number of pyridine rings is 2. The Hall–Kier alpha value is -4.99. The van der Waals surface area contributed by atoms with Gasteiger partial charge in [0.05, 0.1) is 17.7 Å². The topological polar surface area (TPSA) is 98.7 Å². The highest BCUT2D eigenvalue weighted by Gasteiger charge is 2.43. The average Bonchev–Trinajstić information content (AvgIpc) is 3.50. The molecule has 0 saturated heterocycles. The number of aromatic nitrogens is 6. The highest BCUT2D eigenvalue weighted by atomic mass is 19.3. The van der Waals surface area contributed by atoms with Crippen molar-refractivity contribution in [2.45, 2.75) is 13.2 Å². The number of aromatic amines is 1. The first-order chi connectivity index (χ1) is 18.0. The summed E-state index contributed by atoms with van der Waals surface area (Å²) in [6.45, 7) is 2.02. The third kappa shape index (κ3) is 3.37. The predicted octanol–water partition coefficient (Wildman–Crippen LogP) is 5.93. The van der Waals surface area contributed by atoms with Gasteiger partial charge in [-0.1, -0.05) is 12.1 Å². The van der Waals surface area contributed by atoms with Gasteiger partial charge in [-0.25, -0.2) is 15.0 Å². The molecule has 0 aliphatic carbocycles. The van der Waals surface area contributed by atoms with Crippen LogP contribution in [0.4, 0.5) is 8.78 Å². The molecule has 37 heavy (non-hydrogen) atoms. The van der Waals surface area contributed by atoms with Crippen molar-refractivity contribution >= 4 is 21.9 Å². The van der Waals surface area contributed by atoms with Crippen molar-refractivity contribution in [3.63, 3.8) is 0 Å². The van der Waals surface area contributed by atoms with E-state index in [4.69, 9.17) is 4.98 Å². The monoisotopic (exact) mass is 494 g/mol. The highest BCUT2D eigenvalue weighted by Crippen LogP contribution is 2.44. The van der Waals surface area contributed by atoms with Crippen LogP contribution in [0.2, 0.25) is 0 Å². The summed E-state index contributed by atoms with van der Waals surface area (Å²) >= 11 is 0. The van der Waals surface area contributed by atoms with E-state index in [9.17, 15) is 8.78 Å². The van der Waals surface area contributed by atoms with E-state index < -0.39 is 6.29 Å². The first-order valence-corrected chi connectivity index (χ1v) is 11.4. The lowest BCUT2D eigenvalue weighted by molar-refractivity contribution is -0.286. The van der Waals surface area contributed by atoms with Gasteiger partial charge in [0.25, 0.3) is 0 Å². The van der Waals surface area contributed by atoms with E-state index in [0.717, 1.165) is 33.2 Å². The van der Waals surface area contributed by atoms with Crippen LogP contribution in [0.15, 0.2) is 73.6 Å². The van der Waals surface area contributed by atoms with Crippen LogP contribution < -0.4 is 9.47 Å². The van der Waals surface area contributed by atoms with Crippen LogP contribution in [-0.2, 0) is 0 Å². The average molecular weight is 494 g/mol. The summed E-state index contributed by atoms with van der Waals surface area (Å²) in [6.07, 6.45) is 2.81. The van der Waals surface area contributed by atoms with Crippen LogP contribution in [0.3, 0.4) is 0 Å². The smallest absolute Gasteiger partial charge is 0.395 e. The van der Waals surface area contributed by atoms with Gasteiger partial charge >= 0.3 is 6.29 Å². The third-order valence-electron chi connectivity index (χ3n) is 6.35. The van der Waals surface area contributed by atoms with E-state index >= 15 is 0 Å². The number of nitrogens with zero attached hydrogens (tertiary/aromatic N) is 5. The van der Waals surface area contributed by atoms with Crippen LogP contribution in [0.25, 0.3) is 55.7 Å². The van der Waals surface area contributed by atoms with Gasteiger partial charge in [-0.3, -0.25) is 9.97 Å². The second kappa shape index (κ2) is 7.76. The molecule has 1 aliphatic rings. The molecular weight excluding hydrogens is 478 g/mol. The van der Waals surface area contributed by atoms with Gasteiger partial charge in [0, 0.05) is 34.5 Å². The van der Waals surface area contributed by atoms with Crippen molar-refractivity contribution in [2.75, 3.05) is 0 Å². The summed E-state index contributed by atoms with van der Waals surface area (Å²) < 4.78 is 36.4. The number of hydrogen-bond donors (Lipinski definition) is 1. The number of nitrogens with one attached hydrogen (secondary N) is 1. The number of halogens is 2. The minimum Gasteiger partial charge on any atom is -0.395 e. The Morgan fingerprint density at radius 3 is 2.57 bits per heavy atom. The molecule has 4 aromatic heterocycles. The standard InChI is InChI=1S/C27H16F2N6O2/c1-14-4-6-17-16(8-10-31-22(17)15-5-7-19-20(11-15)37-27(28,29)36-19)21(14)23-18(3-2-9-30-23)24-25-26(34-12-32-24)35-13-33-25/h2-13H,1H3,(H,32,33,34,35). The Morgan fingerprint density at radius 2 is 1.65 bits per heavy atom. The summed E-state index contributed by atoms with van der Waals surface area (Å²) in [5, 5.41) is 1.74. The lowest BCUT2D eigenvalue weighted by Crippen LogP contribution is -2.25. The molecule has 2 aromatic carbocycles. The molecule has 0 unspecified atom stereocenters. The van der Waals surface area contributed by atoms with Crippen molar-refractivity contribution in [3.05, 3.63) is 79.1 Å². The van der Waals surface area contributed by atoms with Gasteiger partial charge in [0.2, 0.25) is 0 Å². The van der Waals surface area contributed by atoms with E-state index in [2.05, 4.69) is 34.4 Å². The molecule has 7 rings (SSSR count). The molecule has 1 aliphatic heterocycles. The fraction of sp³-hybridized carbons (Fsp3) is 0.0741. The molecule has 180 valence electrons. The fourth-order valence-corrected chi connectivity index (χ4v) is 4.77. The Balaban J connectivity index is 1.44. The van der Waals surface area contributed by atoms with Crippen molar-refractivity contribution in [2.24, 2.45) is 0 Å². The summed E-state index contributed by atoms with van der Waals surface area (Å²) in [5.41, 5.74) is 6.69. The molecule has 6 aromatic rings. The quantitative estimate of drug-likeness (QED) is 0.326. The van der Waals surface area contributed by atoms with E-state index in [-0.39, 0.29) is 11.5 Å². The second-order valence-electron chi connectivity index (χ2n) is 8.56. The molecule has 0 radical (unpaired) electrons. The number of fused-ring (bicyclic) bond motifs is 3. The van der Waals surface area contributed by atoms with Gasteiger partial charge in [-0.2, -0.15) is 0 Å². The normalized spacial score (nSPS) is 13.9. The van der Waals surface area contributed by atoms with Crippen molar-refractivity contribution in [1.82, 2.24) is 29.9 Å². The minimum atomic E-state index is -3.69. The summed E-state index contributed by atoms with van der Waals surface area (Å²) in [6, 6.07) is 14.4. The number of ether oxygens (including phenoxy) is 2. The van der Waals surface area contributed by atoms with Gasteiger partial charge in [-0.15, -0.1) is 8.78 Å². The third-order valence-corrected chi connectivity index (χ3v) is 6.35. The number of imidazole rings is 1. The summed E-state index contributed by atoms with van der Waals surface area (Å²) in [7, 11) is 0. The summed E-state index contributed by atoms with van der Waals surface area (Å²) in [5.74, 6) is -0.0494. The van der Waals surface area contributed by atoms with Gasteiger partial charge in [-0.05, 0) is 54.3 Å². The molecule has 0 atom stereocenters. The first-order valence-electron chi connectivity index (χ1n) is 11.4. The van der Waals surface area contributed by atoms with Gasteiger partial charge in [0.1, 0.15) is 17.5 Å². The van der Waals surface area contributed by atoms with Crippen LogP contribution in [0.5, 0.6) is 11.5 Å². The van der Waals surface area contributed by atoms with Crippen LogP contribution in [0.1, 0.15) is 5.56 Å². The highest BCUT2D eigenvalue weighted by molar-refractivity contribution is 6.06. The zero-order valence-electron chi connectivity index (χ0n) is 19.2. The number of H-pyrrole nitrogens is 1. The largest absolute Gasteiger partial charge is 0.586 e. The first kappa shape index (κ1) is 21.3. The predicted molar refractivity (Wildman–Crippen MR) is 132 cm³/mol. The second-order valence-corrected chi connectivity index (χ2v) is 8.56. The molecule has 1 N–H and O–H groups in total. The van der Waals surface area contributed by atoms with Gasteiger partial charge in [0.15, 0.2) is 17.1 Å². The maximum absolute atomic E-state index is 13.6. The maximum atomic E-state index is 13.6. The van der Waals surface area contributed by atoms with E-state index in [1.54, 1.807) is 24.8 Å². The van der Waals surface area contributed by atoms with E-state index in [1.807, 2.05) is 37.3 Å². The fourth-order valence-electron chi connectivity index (χ4n) is 4.77. The lowest BCUT2D eigenvalue weighted by Gasteiger charge is -2.15. The van der Waals surface area contributed by atoms with E-state index in [0.29, 0.717) is 28.1 Å². The van der Waals surface area contributed by atoms with Crippen LogP contribution >= 0.6 is 0 Å². The molecule has 0 bridgehead atoms. The molecule has 0 amide bonds. The molecule has 0 saturated carbocycles. The number of rotatable bonds is 3. The Labute approximate surface area is 208 Å². The van der Waals surface area contributed by atoms with Crippen molar-refractivity contribution in [1.29, 1.82) is 0 Å². The molecule has 0 spiro atoms. The van der Waals surface area contributed by atoms with Gasteiger partial charge < -0.3 is 14.5 Å². The minimum absolute atomic E-state index is 0.0152.